The quantitative estimate of drug-likeness (QED) is 0.290. The smallest absolute Gasteiger partial charge is 0.417 e. The van der Waals surface area contributed by atoms with E-state index in [1.807, 2.05) is 0 Å². The van der Waals surface area contributed by atoms with E-state index in [1.54, 1.807) is 44.2 Å². The van der Waals surface area contributed by atoms with Gasteiger partial charge in [-0.3, -0.25) is 4.79 Å². The van der Waals surface area contributed by atoms with Crippen LogP contribution in [0.15, 0.2) is 66.7 Å². The maximum absolute atomic E-state index is 14.3. The third kappa shape index (κ3) is 6.09. The van der Waals surface area contributed by atoms with Crippen molar-refractivity contribution in [2.75, 3.05) is 0 Å². The summed E-state index contributed by atoms with van der Waals surface area (Å²) in [5.41, 5.74) is 0.327. The zero-order valence-electron chi connectivity index (χ0n) is 18.2. The van der Waals surface area contributed by atoms with E-state index in [2.05, 4.69) is 0 Å². The lowest BCUT2D eigenvalue weighted by atomic mass is 9.83. The second-order valence-electron chi connectivity index (χ2n) is 8.30. The fourth-order valence-corrected chi connectivity index (χ4v) is 3.81. The van der Waals surface area contributed by atoms with Gasteiger partial charge >= 0.3 is 12.1 Å². The molecule has 0 saturated carbocycles. The summed E-state index contributed by atoms with van der Waals surface area (Å²) in [4.78, 5) is 12.1. The van der Waals surface area contributed by atoms with E-state index >= 15 is 0 Å². The average molecular weight is 456 g/mol. The molecule has 0 heterocycles. The van der Waals surface area contributed by atoms with Gasteiger partial charge < -0.3 is 5.11 Å². The first-order chi connectivity index (χ1) is 15.6. The van der Waals surface area contributed by atoms with Crippen LogP contribution in [-0.4, -0.2) is 11.1 Å². The van der Waals surface area contributed by atoms with Crippen LogP contribution in [0.3, 0.4) is 0 Å². The van der Waals surface area contributed by atoms with Gasteiger partial charge in [-0.05, 0) is 64.4 Å². The van der Waals surface area contributed by atoms with E-state index in [0.717, 1.165) is 0 Å². The summed E-state index contributed by atoms with van der Waals surface area (Å²) in [7, 11) is 0. The molecule has 1 unspecified atom stereocenters. The third-order valence-corrected chi connectivity index (χ3v) is 5.30. The number of carboxylic acids is 1. The lowest BCUT2D eigenvalue weighted by Gasteiger charge is -2.23. The Morgan fingerprint density at radius 3 is 2.12 bits per heavy atom. The molecule has 172 valence electrons. The number of rotatable bonds is 7. The first-order valence-electron chi connectivity index (χ1n) is 10.5. The highest BCUT2D eigenvalue weighted by atomic mass is 19.4. The molecule has 0 aromatic heterocycles. The van der Waals surface area contributed by atoms with Crippen LogP contribution >= 0.6 is 0 Å². The van der Waals surface area contributed by atoms with Gasteiger partial charge in [0.25, 0.3) is 0 Å². The highest BCUT2D eigenvalue weighted by molar-refractivity contribution is 5.82. The molecule has 0 fully saturated rings. The van der Waals surface area contributed by atoms with Crippen molar-refractivity contribution in [3.05, 3.63) is 94.8 Å². The zero-order valence-corrected chi connectivity index (χ0v) is 18.2. The Labute approximate surface area is 190 Å². The predicted molar refractivity (Wildman–Crippen MR) is 122 cm³/mol. The van der Waals surface area contributed by atoms with E-state index in [1.165, 1.54) is 48.6 Å². The van der Waals surface area contributed by atoms with E-state index in [0.29, 0.717) is 16.7 Å². The molecule has 0 bridgehead atoms. The summed E-state index contributed by atoms with van der Waals surface area (Å²) in [5, 5.41) is 9.83. The average Bonchev–Trinajstić information content (AvgIpc) is 2.76. The molecular weight excluding hydrogens is 432 g/mol. The van der Waals surface area contributed by atoms with Crippen molar-refractivity contribution in [2.45, 2.75) is 32.4 Å². The first kappa shape index (κ1) is 24.2. The summed E-state index contributed by atoms with van der Waals surface area (Å²) in [6.07, 6.45) is -1.93. The van der Waals surface area contributed by atoms with Crippen molar-refractivity contribution in [3.63, 3.8) is 0 Å². The van der Waals surface area contributed by atoms with Crippen LogP contribution in [0.2, 0.25) is 0 Å². The van der Waals surface area contributed by atoms with Crippen LogP contribution in [0.1, 0.15) is 48.4 Å². The van der Waals surface area contributed by atoms with E-state index in [4.69, 9.17) is 0 Å². The lowest BCUT2D eigenvalue weighted by Crippen LogP contribution is -2.20. The predicted octanol–water partition coefficient (Wildman–Crippen LogP) is 7.90. The van der Waals surface area contributed by atoms with E-state index in [9.17, 15) is 27.5 Å². The Bertz CT molecular complexity index is 1130. The molecule has 0 aliphatic heterocycles. The highest BCUT2D eigenvalue weighted by Gasteiger charge is 2.39. The van der Waals surface area contributed by atoms with E-state index < -0.39 is 29.4 Å². The number of benzene rings is 3. The van der Waals surface area contributed by atoms with Crippen LogP contribution in [0.5, 0.6) is 0 Å². The molecule has 1 N–H and O–H groups in total. The van der Waals surface area contributed by atoms with Crippen LogP contribution in [0, 0.1) is 11.7 Å². The number of hydrogen-bond donors (Lipinski definition) is 1. The summed E-state index contributed by atoms with van der Waals surface area (Å²) in [6.45, 7) is 3.55. The fraction of sp³-hybridized carbons (Fsp3) is 0.222. The summed E-state index contributed by atoms with van der Waals surface area (Å²) in [6, 6.07) is 17.0. The van der Waals surface area contributed by atoms with Gasteiger partial charge in [0, 0.05) is 0 Å². The number of aliphatic carboxylic acids is 1. The molecule has 1 atom stereocenters. The molecule has 0 saturated heterocycles. The summed E-state index contributed by atoms with van der Waals surface area (Å²) < 4.78 is 56.1. The second kappa shape index (κ2) is 10.0. The largest absolute Gasteiger partial charge is 0.481 e. The molecule has 3 rings (SSSR count). The van der Waals surface area contributed by atoms with Gasteiger partial charge in [0.1, 0.15) is 5.82 Å². The Kier molecular flexibility index (Phi) is 7.36. The Hall–Kier alpha value is -3.41. The van der Waals surface area contributed by atoms with Crippen molar-refractivity contribution < 1.29 is 27.5 Å². The zero-order chi connectivity index (χ0) is 24.2. The first-order valence-corrected chi connectivity index (χ1v) is 10.5. The van der Waals surface area contributed by atoms with Gasteiger partial charge in [0.2, 0.25) is 0 Å². The normalized spacial score (nSPS) is 12.9. The lowest BCUT2D eigenvalue weighted by molar-refractivity contribution is -0.142. The van der Waals surface area contributed by atoms with Crippen LogP contribution in [0.25, 0.3) is 23.3 Å². The highest BCUT2D eigenvalue weighted by Crippen LogP contribution is 2.42. The summed E-state index contributed by atoms with van der Waals surface area (Å²) >= 11 is 0. The molecule has 0 spiro atoms. The molecular formula is C27H24F4O2. The maximum Gasteiger partial charge on any atom is 0.417 e. The Morgan fingerprint density at radius 1 is 0.939 bits per heavy atom. The number of halogens is 4. The fourth-order valence-electron chi connectivity index (χ4n) is 3.81. The van der Waals surface area contributed by atoms with Crippen molar-refractivity contribution >= 4 is 18.1 Å². The van der Waals surface area contributed by atoms with Crippen LogP contribution in [-0.2, 0) is 11.0 Å². The van der Waals surface area contributed by atoms with Crippen molar-refractivity contribution in [2.24, 2.45) is 5.92 Å². The molecule has 6 heteroatoms. The minimum absolute atomic E-state index is 0.0672. The Morgan fingerprint density at radius 2 is 1.58 bits per heavy atom. The van der Waals surface area contributed by atoms with Crippen molar-refractivity contribution in [3.8, 4) is 11.1 Å². The van der Waals surface area contributed by atoms with Gasteiger partial charge in [0.05, 0.1) is 11.5 Å². The molecule has 0 aliphatic rings. The van der Waals surface area contributed by atoms with Gasteiger partial charge in [-0.25, -0.2) is 4.39 Å². The number of carbonyl (C=O) groups is 1. The molecule has 0 aliphatic carbocycles. The SMILES string of the molecule is CC(C)CC(C(=O)O)c1cc(-c2ccccc2)cc(C=Cc2ccc(F)cc2)c1C(F)(F)F. The topological polar surface area (TPSA) is 37.3 Å². The molecule has 0 amide bonds. The monoisotopic (exact) mass is 456 g/mol. The number of carboxylic acid groups (broad SMARTS) is 1. The summed E-state index contributed by atoms with van der Waals surface area (Å²) in [5.74, 6) is -3.18. The van der Waals surface area contributed by atoms with Crippen molar-refractivity contribution in [1.82, 2.24) is 0 Å². The van der Waals surface area contributed by atoms with E-state index in [-0.39, 0.29) is 23.5 Å². The third-order valence-electron chi connectivity index (χ3n) is 5.30. The molecule has 2 nitrogen and oxygen atoms in total. The molecule has 3 aromatic rings. The number of alkyl halides is 3. The van der Waals surface area contributed by atoms with Gasteiger partial charge in [-0.15, -0.1) is 0 Å². The second-order valence-corrected chi connectivity index (χ2v) is 8.30. The minimum atomic E-state index is -4.77. The molecule has 33 heavy (non-hydrogen) atoms. The van der Waals surface area contributed by atoms with Gasteiger partial charge in [-0.2, -0.15) is 13.2 Å². The van der Waals surface area contributed by atoms with Crippen LogP contribution < -0.4 is 0 Å². The van der Waals surface area contributed by atoms with Gasteiger partial charge in [0.15, 0.2) is 0 Å². The van der Waals surface area contributed by atoms with Crippen LogP contribution in [0.4, 0.5) is 17.6 Å². The molecule has 0 radical (unpaired) electrons. The number of hydrogen-bond acceptors (Lipinski definition) is 1. The van der Waals surface area contributed by atoms with Gasteiger partial charge in [-0.1, -0.05) is 68.5 Å². The minimum Gasteiger partial charge on any atom is -0.481 e. The standard InChI is InChI=1S/C27H24F4O2/c1-17(2)14-24(26(32)33)23-16-21(19-6-4-3-5-7-19)15-20(25(23)27(29,30)31)11-8-18-9-12-22(28)13-10-18/h3-13,15-17,24H,14H2,1-2H3,(H,32,33). The maximum atomic E-state index is 14.3. The molecule has 3 aromatic carbocycles. The van der Waals surface area contributed by atoms with Crippen molar-refractivity contribution in [1.29, 1.82) is 0 Å². The Balaban J connectivity index is 2.28.